The zero-order valence-corrected chi connectivity index (χ0v) is 14.0. The molecule has 26 heavy (non-hydrogen) atoms. The lowest BCUT2D eigenvalue weighted by Gasteiger charge is -2.11. The van der Waals surface area contributed by atoms with E-state index in [1.165, 1.54) is 12.1 Å². The van der Waals surface area contributed by atoms with Crippen molar-refractivity contribution in [3.63, 3.8) is 0 Å². The first-order valence-corrected chi connectivity index (χ1v) is 7.98. The second kappa shape index (κ2) is 7.43. The third-order valence-corrected chi connectivity index (χ3v) is 3.63. The fraction of sp³-hybridized carbons (Fsp3) is 0.158. The third kappa shape index (κ3) is 4.72. The summed E-state index contributed by atoms with van der Waals surface area (Å²) in [7, 11) is 0. The van der Waals surface area contributed by atoms with Gasteiger partial charge in [-0.3, -0.25) is 0 Å². The van der Waals surface area contributed by atoms with Gasteiger partial charge in [-0.2, -0.15) is 18.2 Å². The smallest absolute Gasteiger partial charge is 0.350 e. The average molecular weight is 358 g/mol. The molecule has 0 fully saturated rings. The minimum atomic E-state index is -4.35. The summed E-state index contributed by atoms with van der Waals surface area (Å²) in [5.41, 5.74) is 1.66. The summed E-state index contributed by atoms with van der Waals surface area (Å²) in [4.78, 5) is 8.69. The predicted octanol–water partition coefficient (Wildman–Crippen LogP) is 5.16. The molecular formula is C19H17F3N4. The lowest BCUT2D eigenvalue weighted by Crippen LogP contribution is -2.07. The highest BCUT2D eigenvalue weighted by Gasteiger charge is 2.29. The lowest BCUT2D eigenvalue weighted by molar-refractivity contribution is -0.137. The molecule has 0 atom stereocenters. The van der Waals surface area contributed by atoms with Crippen LogP contribution in [0.3, 0.4) is 0 Å². The fourth-order valence-electron chi connectivity index (χ4n) is 2.38. The Kier molecular flexibility index (Phi) is 5.06. The number of hydrogen-bond acceptors (Lipinski definition) is 4. The van der Waals surface area contributed by atoms with Gasteiger partial charge in [0.15, 0.2) is 0 Å². The molecule has 3 aromatic rings. The predicted molar refractivity (Wildman–Crippen MR) is 95.3 cm³/mol. The van der Waals surface area contributed by atoms with Crippen molar-refractivity contribution in [3.8, 4) is 0 Å². The van der Waals surface area contributed by atoms with Gasteiger partial charge in [-0.1, -0.05) is 30.3 Å². The molecule has 0 saturated carbocycles. The van der Waals surface area contributed by atoms with Crippen molar-refractivity contribution in [1.29, 1.82) is 0 Å². The van der Waals surface area contributed by atoms with E-state index in [9.17, 15) is 13.2 Å². The van der Waals surface area contributed by atoms with Gasteiger partial charge in [0, 0.05) is 24.0 Å². The zero-order chi connectivity index (χ0) is 18.6. The Hall–Kier alpha value is -3.09. The van der Waals surface area contributed by atoms with E-state index in [2.05, 4.69) is 20.6 Å². The first-order valence-electron chi connectivity index (χ1n) is 7.98. The maximum absolute atomic E-state index is 12.6. The molecule has 2 N–H and O–H groups in total. The van der Waals surface area contributed by atoms with Crippen LogP contribution in [0.1, 0.15) is 16.8 Å². The monoisotopic (exact) mass is 358 g/mol. The van der Waals surface area contributed by atoms with Crippen molar-refractivity contribution in [2.24, 2.45) is 0 Å². The topological polar surface area (TPSA) is 49.8 Å². The maximum atomic E-state index is 12.6. The molecule has 0 spiro atoms. The third-order valence-electron chi connectivity index (χ3n) is 3.63. The van der Waals surface area contributed by atoms with Gasteiger partial charge in [0.25, 0.3) is 0 Å². The Balaban J connectivity index is 1.71. The van der Waals surface area contributed by atoms with Gasteiger partial charge in [-0.05, 0) is 36.8 Å². The molecule has 0 aliphatic rings. The Morgan fingerprint density at radius 3 is 2.27 bits per heavy atom. The SMILES string of the molecule is Cc1cc(Nc2ccc(C(F)(F)F)cc2)nc(NCc2ccccc2)n1. The first kappa shape index (κ1) is 17.7. The van der Waals surface area contributed by atoms with Crippen molar-refractivity contribution in [1.82, 2.24) is 9.97 Å². The standard InChI is InChI=1S/C19H17F3N4/c1-13-11-17(25-16-9-7-15(8-10-16)19(20,21)22)26-18(24-13)23-12-14-5-3-2-4-6-14/h2-11H,12H2,1H3,(H2,23,24,25,26). The summed E-state index contributed by atoms with van der Waals surface area (Å²) >= 11 is 0. The highest BCUT2D eigenvalue weighted by Crippen LogP contribution is 2.30. The van der Waals surface area contributed by atoms with Gasteiger partial charge in [-0.25, -0.2) is 4.98 Å². The largest absolute Gasteiger partial charge is 0.416 e. The van der Waals surface area contributed by atoms with Crippen molar-refractivity contribution in [2.45, 2.75) is 19.6 Å². The molecule has 3 rings (SSSR count). The lowest BCUT2D eigenvalue weighted by atomic mass is 10.2. The fourth-order valence-corrected chi connectivity index (χ4v) is 2.38. The highest BCUT2D eigenvalue weighted by atomic mass is 19.4. The molecule has 0 bridgehead atoms. The van der Waals surface area contributed by atoms with Crippen molar-refractivity contribution in [3.05, 3.63) is 77.5 Å². The number of halogens is 3. The van der Waals surface area contributed by atoms with E-state index in [0.717, 1.165) is 23.4 Å². The Bertz CT molecular complexity index is 862. The van der Waals surface area contributed by atoms with Gasteiger partial charge < -0.3 is 10.6 Å². The molecule has 7 heteroatoms. The van der Waals surface area contributed by atoms with Gasteiger partial charge in [0.05, 0.1) is 5.56 Å². The van der Waals surface area contributed by atoms with Crippen LogP contribution in [0.25, 0.3) is 0 Å². The minimum Gasteiger partial charge on any atom is -0.350 e. The highest BCUT2D eigenvalue weighted by molar-refractivity contribution is 5.58. The van der Waals surface area contributed by atoms with Gasteiger partial charge in [0.2, 0.25) is 5.95 Å². The summed E-state index contributed by atoms with van der Waals surface area (Å²) < 4.78 is 37.9. The quantitative estimate of drug-likeness (QED) is 0.661. The summed E-state index contributed by atoms with van der Waals surface area (Å²) in [6.07, 6.45) is -4.35. The number of aromatic nitrogens is 2. The minimum absolute atomic E-state index is 0.447. The van der Waals surface area contributed by atoms with Crippen LogP contribution in [0.15, 0.2) is 60.7 Å². The number of alkyl halides is 3. The first-order chi connectivity index (χ1) is 12.4. The van der Waals surface area contributed by atoms with E-state index in [1.807, 2.05) is 37.3 Å². The van der Waals surface area contributed by atoms with Gasteiger partial charge in [-0.15, -0.1) is 0 Å². The van der Waals surface area contributed by atoms with E-state index in [4.69, 9.17) is 0 Å². The molecule has 0 radical (unpaired) electrons. The number of nitrogens with zero attached hydrogens (tertiary/aromatic N) is 2. The molecule has 1 aromatic heterocycles. The zero-order valence-electron chi connectivity index (χ0n) is 14.0. The second-order valence-corrected chi connectivity index (χ2v) is 5.76. The van der Waals surface area contributed by atoms with Gasteiger partial charge >= 0.3 is 6.18 Å². The van der Waals surface area contributed by atoms with Crippen molar-refractivity contribution in [2.75, 3.05) is 10.6 Å². The van der Waals surface area contributed by atoms with Crippen LogP contribution in [0, 0.1) is 6.92 Å². The number of aryl methyl sites for hydroxylation is 1. The van der Waals surface area contributed by atoms with E-state index in [-0.39, 0.29) is 0 Å². The molecular weight excluding hydrogens is 341 g/mol. The normalized spacial score (nSPS) is 11.2. The molecule has 134 valence electrons. The molecule has 0 unspecified atom stereocenters. The summed E-state index contributed by atoms with van der Waals surface area (Å²) in [6.45, 7) is 2.40. The summed E-state index contributed by atoms with van der Waals surface area (Å²) in [5.74, 6) is 0.955. The molecule has 0 aliphatic carbocycles. The van der Waals surface area contributed by atoms with E-state index in [1.54, 1.807) is 6.07 Å². The van der Waals surface area contributed by atoms with Crippen LogP contribution in [0.5, 0.6) is 0 Å². The molecule has 1 heterocycles. The second-order valence-electron chi connectivity index (χ2n) is 5.76. The Morgan fingerprint density at radius 1 is 0.923 bits per heavy atom. The Labute approximate surface area is 149 Å². The van der Waals surface area contributed by atoms with Crippen LogP contribution >= 0.6 is 0 Å². The molecule has 0 amide bonds. The summed E-state index contributed by atoms with van der Waals surface area (Å²) in [6, 6.07) is 16.4. The van der Waals surface area contributed by atoms with Crippen LogP contribution in [-0.4, -0.2) is 9.97 Å². The van der Waals surface area contributed by atoms with E-state index < -0.39 is 11.7 Å². The average Bonchev–Trinajstić information content (AvgIpc) is 2.60. The number of benzene rings is 2. The number of hydrogen-bond donors (Lipinski definition) is 2. The molecule has 0 saturated heterocycles. The number of rotatable bonds is 5. The Morgan fingerprint density at radius 2 is 1.62 bits per heavy atom. The van der Waals surface area contributed by atoms with Crippen molar-refractivity contribution < 1.29 is 13.2 Å². The van der Waals surface area contributed by atoms with Crippen LogP contribution in [0.2, 0.25) is 0 Å². The van der Waals surface area contributed by atoms with Crippen LogP contribution < -0.4 is 10.6 Å². The van der Waals surface area contributed by atoms with E-state index in [0.29, 0.717) is 24.0 Å². The van der Waals surface area contributed by atoms with Crippen LogP contribution in [0.4, 0.5) is 30.6 Å². The molecule has 4 nitrogen and oxygen atoms in total. The summed E-state index contributed by atoms with van der Waals surface area (Å²) in [5, 5.41) is 6.15. The maximum Gasteiger partial charge on any atom is 0.416 e. The van der Waals surface area contributed by atoms with Crippen molar-refractivity contribution >= 4 is 17.5 Å². The van der Waals surface area contributed by atoms with E-state index >= 15 is 0 Å². The van der Waals surface area contributed by atoms with Gasteiger partial charge in [0.1, 0.15) is 5.82 Å². The number of anilines is 3. The van der Waals surface area contributed by atoms with Crippen LogP contribution in [-0.2, 0) is 12.7 Å². The molecule has 0 aliphatic heterocycles. The number of nitrogens with one attached hydrogen (secondary N) is 2. The molecule has 2 aromatic carbocycles.